The Morgan fingerprint density at radius 2 is 1.40 bits per heavy atom. The van der Waals surface area contributed by atoms with E-state index in [9.17, 15) is 4.57 Å². The van der Waals surface area contributed by atoms with Crippen molar-refractivity contribution in [3.8, 4) is 0 Å². The lowest BCUT2D eigenvalue weighted by Crippen LogP contribution is -2.22. The van der Waals surface area contributed by atoms with E-state index in [0.29, 0.717) is 17.8 Å². The van der Waals surface area contributed by atoms with Crippen LogP contribution in [0.4, 0.5) is 0 Å². The summed E-state index contributed by atoms with van der Waals surface area (Å²) in [5, 5.41) is 0. The first kappa shape index (κ1) is 20.1. The molecule has 0 heterocycles. The second-order valence-corrected chi connectivity index (χ2v) is 7.25. The van der Waals surface area contributed by atoms with Gasteiger partial charge in [0.25, 0.3) is 0 Å². The van der Waals surface area contributed by atoms with Crippen molar-refractivity contribution in [2.24, 2.45) is 17.8 Å². The average molecular weight is 308 g/mol. The minimum Gasteiger partial charge on any atom is -0.303 e. The fraction of sp³-hybridized carbons (Fsp3) is 1.00. The average Bonchev–Trinajstić information content (AvgIpc) is 2.37. The van der Waals surface area contributed by atoms with Crippen molar-refractivity contribution in [1.82, 2.24) is 0 Å². The molecular formula is C15H33O4P. The summed E-state index contributed by atoms with van der Waals surface area (Å²) in [7, 11) is -4.32. The van der Waals surface area contributed by atoms with Gasteiger partial charge in [-0.1, -0.05) is 66.2 Å². The second-order valence-electron chi connectivity index (χ2n) is 6.02. The van der Waals surface area contributed by atoms with Gasteiger partial charge in [-0.2, -0.15) is 0 Å². The van der Waals surface area contributed by atoms with E-state index in [4.69, 9.17) is 9.79 Å². The number of unbranched alkanes of at least 4 members (excludes halogenated alkanes) is 2. The Labute approximate surface area is 124 Å². The van der Waals surface area contributed by atoms with E-state index in [1.54, 1.807) is 0 Å². The van der Waals surface area contributed by atoms with Crippen molar-refractivity contribution >= 4 is 7.82 Å². The summed E-state index contributed by atoms with van der Waals surface area (Å²) in [5.41, 5.74) is 0. The smallest absolute Gasteiger partial charge is 0.303 e. The fourth-order valence-corrected chi connectivity index (χ4v) is 3.26. The van der Waals surface area contributed by atoms with E-state index in [1.165, 1.54) is 38.5 Å². The molecule has 0 rings (SSSR count). The molecule has 0 aromatic rings. The Kier molecular flexibility index (Phi) is 10.8. The number of phosphoric acid groups is 1. The van der Waals surface area contributed by atoms with E-state index in [0.717, 1.165) is 6.42 Å². The monoisotopic (exact) mass is 308 g/mol. The molecule has 2 N–H and O–H groups in total. The zero-order chi connectivity index (χ0) is 15.6. The maximum atomic E-state index is 10.8. The zero-order valence-corrected chi connectivity index (χ0v) is 14.4. The van der Waals surface area contributed by atoms with Crippen LogP contribution in [0.2, 0.25) is 0 Å². The molecular weight excluding hydrogens is 275 g/mol. The first-order valence-electron chi connectivity index (χ1n) is 8.01. The summed E-state index contributed by atoms with van der Waals surface area (Å²) >= 11 is 0. The predicted molar refractivity (Wildman–Crippen MR) is 83.5 cm³/mol. The lowest BCUT2D eigenvalue weighted by Gasteiger charge is -2.30. The summed E-state index contributed by atoms with van der Waals surface area (Å²) in [6.45, 7) is 9.07. The number of rotatable bonds is 12. The molecule has 0 saturated carbocycles. The molecule has 122 valence electrons. The van der Waals surface area contributed by atoms with Gasteiger partial charge in [0.1, 0.15) is 0 Å². The molecule has 0 aliphatic rings. The molecule has 0 aromatic carbocycles. The Morgan fingerprint density at radius 1 is 0.950 bits per heavy atom. The molecule has 0 aliphatic carbocycles. The van der Waals surface area contributed by atoms with E-state index < -0.39 is 7.82 Å². The summed E-state index contributed by atoms with van der Waals surface area (Å²) in [4.78, 5) is 17.6. The molecule has 2 unspecified atom stereocenters. The SMILES string of the molecule is CCCCC(C)C(CCOP(=O)(O)O)C(C)CCCC. The van der Waals surface area contributed by atoms with Crippen molar-refractivity contribution in [3.63, 3.8) is 0 Å². The highest BCUT2D eigenvalue weighted by atomic mass is 31.2. The molecule has 0 aliphatic heterocycles. The van der Waals surface area contributed by atoms with Gasteiger partial charge < -0.3 is 9.79 Å². The predicted octanol–water partition coefficient (Wildman–Crippen LogP) is 4.75. The zero-order valence-electron chi connectivity index (χ0n) is 13.5. The number of hydrogen-bond acceptors (Lipinski definition) is 2. The normalized spacial score (nSPS) is 16.9. The largest absolute Gasteiger partial charge is 0.469 e. The molecule has 0 bridgehead atoms. The van der Waals surface area contributed by atoms with Crippen LogP contribution in [-0.2, 0) is 9.09 Å². The van der Waals surface area contributed by atoms with Crippen molar-refractivity contribution in [2.45, 2.75) is 72.6 Å². The molecule has 0 saturated heterocycles. The van der Waals surface area contributed by atoms with E-state index in [2.05, 4.69) is 32.2 Å². The minimum atomic E-state index is -4.32. The topological polar surface area (TPSA) is 66.8 Å². The van der Waals surface area contributed by atoms with E-state index in [1.807, 2.05) is 0 Å². The van der Waals surface area contributed by atoms with Crippen molar-refractivity contribution in [2.75, 3.05) is 6.61 Å². The quantitative estimate of drug-likeness (QED) is 0.510. The third kappa shape index (κ3) is 9.93. The maximum absolute atomic E-state index is 10.8. The van der Waals surface area contributed by atoms with Gasteiger partial charge in [0, 0.05) is 0 Å². The first-order chi connectivity index (χ1) is 9.31. The van der Waals surface area contributed by atoms with E-state index in [-0.39, 0.29) is 6.61 Å². The molecule has 0 spiro atoms. The van der Waals surface area contributed by atoms with Crippen LogP contribution in [0.1, 0.15) is 72.6 Å². The van der Waals surface area contributed by atoms with Crippen LogP contribution < -0.4 is 0 Å². The first-order valence-corrected chi connectivity index (χ1v) is 9.54. The highest BCUT2D eigenvalue weighted by molar-refractivity contribution is 7.46. The maximum Gasteiger partial charge on any atom is 0.469 e. The highest BCUT2D eigenvalue weighted by Gasteiger charge is 2.24. The number of phosphoric ester groups is 1. The molecule has 2 atom stereocenters. The Balaban J connectivity index is 4.40. The van der Waals surface area contributed by atoms with Gasteiger partial charge in [-0.3, -0.25) is 4.52 Å². The van der Waals surface area contributed by atoms with Gasteiger partial charge in [0.2, 0.25) is 0 Å². The van der Waals surface area contributed by atoms with Gasteiger partial charge in [-0.15, -0.1) is 0 Å². The van der Waals surface area contributed by atoms with Crippen LogP contribution in [0.5, 0.6) is 0 Å². The summed E-state index contributed by atoms with van der Waals surface area (Å²) in [5.74, 6) is 1.66. The second kappa shape index (κ2) is 10.8. The molecule has 4 nitrogen and oxygen atoms in total. The van der Waals surface area contributed by atoms with E-state index >= 15 is 0 Å². The third-order valence-corrected chi connectivity index (χ3v) is 4.72. The van der Waals surface area contributed by atoms with Crippen molar-refractivity contribution in [1.29, 1.82) is 0 Å². The van der Waals surface area contributed by atoms with Gasteiger partial charge in [-0.05, 0) is 24.2 Å². The summed E-state index contributed by atoms with van der Waals surface area (Å²) < 4.78 is 15.4. The van der Waals surface area contributed by atoms with Crippen LogP contribution in [0.25, 0.3) is 0 Å². The molecule has 20 heavy (non-hydrogen) atoms. The lowest BCUT2D eigenvalue weighted by atomic mass is 9.77. The molecule has 5 heteroatoms. The Bertz CT molecular complexity index is 263. The van der Waals surface area contributed by atoms with Crippen molar-refractivity contribution < 1.29 is 18.9 Å². The molecule has 0 fully saturated rings. The van der Waals surface area contributed by atoms with Crippen LogP contribution in [0, 0.1) is 17.8 Å². The van der Waals surface area contributed by atoms with Gasteiger partial charge in [0.05, 0.1) is 6.61 Å². The van der Waals surface area contributed by atoms with Gasteiger partial charge in [-0.25, -0.2) is 4.57 Å². The van der Waals surface area contributed by atoms with Crippen molar-refractivity contribution in [3.05, 3.63) is 0 Å². The number of hydrogen-bond donors (Lipinski definition) is 2. The van der Waals surface area contributed by atoms with Crippen LogP contribution in [0.3, 0.4) is 0 Å². The van der Waals surface area contributed by atoms with Crippen LogP contribution in [-0.4, -0.2) is 16.4 Å². The third-order valence-electron chi connectivity index (χ3n) is 4.20. The Morgan fingerprint density at radius 3 is 1.75 bits per heavy atom. The summed E-state index contributed by atoms with van der Waals surface area (Å²) in [6.07, 6.45) is 7.94. The standard InChI is InChI=1S/C15H33O4P/c1-5-7-9-13(3)15(14(4)10-8-6-2)11-12-19-20(16,17)18/h13-15H,5-12H2,1-4H3,(H2,16,17,18). The molecule has 0 aromatic heterocycles. The van der Waals surface area contributed by atoms with Gasteiger partial charge >= 0.3 is 7.82 Å². The molecule has 0 amide bonds. The molecule has 0 radical (unpaired) electrons. The summed E-state index contributed by atoms with van der Waals surface area (Å²) in [6, 6.07) is 0. The highest BCUT2D eigenvalue weighted by Crippen LogP contribution is 2.38. The minimum absolute atomic E-state index is 0.155. The van der Waals surface area contributed by atoms with Crippen LogP contribution >= 0.6 is 7.82 Å². The fourth-order valence-electron chi connectivity index (χ4n) is 2.92. The van der Waals surface area contributed by atoms with Crippen LogP contribution in [0.15, 0.2) is 0 Å². The Hall–Kier alpha value is 0.110. The van der Waals surface area contributed by atoms with Gasteiger partial charge in [0.15, 0.2) is 0 Å². The lowest BCUT2D eigenvalue weighted by molar-refractivity contribution is 0.145.